The maximum absolute atomic E-state index is 12.5. The Bertz CT molecular complexity index is 817. The Morgan fingerprint density at radius 3 is 2.79 bits per heavy atom. The average Bonchev–Trinajstić information content (AvgIpc) is 3.06. The lowest BCUT2D eigenvalue weighted by molar-refractivity contribution is 0.0914. The molecule has 1 saturated heterocycles. The molecule has 0 radical (unpaired) electrons. The van der Waals surface area contributed by atoms with E-state index in [9.17, 15) is 14.4 Å². The van der Waals surface area contributed by atoms with Crippen molar-refractivity contribution in [3.8, 4) is 0 Å². The summed E-state index contributed by atoms with van der Waals surface area (Å²) >= 11 is 1.46. The molecule has 3 heterocycles. The summed E-state index contributed by atoms with van der Waals surface area (Å²) < 4.78 is 1.06. The molecule has 0 unspecified atom stereocenters. The van der Waals surface area contributed by atoms with Gasteiger partial charge in [0.15, 0.2) is 0 Å². The topological polar surface area (TPSA) is 87.2 Å². The first-order chi connectivity index (χ1) is 11.5. The number of carbonyl (C=O) groups excluding carboxylic acids is 1. The fourth-order valence-electron chi connectivity index (χ4n) is 2.79. The molecular weight excluding hydrogens is 328 g/mol. The molecular formula is C16H20N4O3S. The zero-order valence-electron chi connectivity index (χ0n) is 13.4. The second kappa shape index (κ2) is 7.14. The van der Waals surface area contributed by atoms with Crippen LogP contribution in [0.1, 0.15) is 28.1 Å². The highest BCUT2D eigenvalue weighted by atomic mass is 32.1. The first kappa shape index (κ1) is 16.7. The van der Waals surface area contributed by atoms with Crippen LogP contribution in [0.5, 0.6) is 0 Å². The highest BCUT2D eigenvalue weighted by Gasteiger charge is 2.21. The van der Waals surface area contributed by atoms with E-state index in [2.05, 4.69) is 15.2 Å². The number of likely N-dealkylation sites (tertiary alicyclic amines) is 1. The number of aromatic nitrogens is 2. The Morgan fingerprint density at radius 2 is 2.12 bits per heavy atom. The lowest BCUT2D eigenvalue weighted by atomic mass is 10.1. The minimum absolute atomic E-state index is 0.0231. The van der Waals surface area contributed by atoms with E-state index in [-0.39, 0.29) is 18.2 Å². The highest BCUT2D eigenvalue weighted by Crippen LogP contribution is 2.10. The minimum atomic E-state index is -0.558. The summed E-state index contributed by atoms with van der Waals surface area (Å²) in [4.78, 5) is 42.5. The second-order valence-corrected chi connectivity index (χ2v) is 7.06. The van der Waals surface area contributed by atoms with Crippen molar-refractivity contribution in [2.45, 2.75) is 25.4 Å². The number of aromatic amines is 1. The van der Waals surface area contributed by atoms with Crippen LogP contribution < -0.4 is 16.6 Å². The van der Waals surface area contributed by atoms with E-state index in [1.807, 2.05) is 24.6 Å². The maximum Gasteiger partial charge on any atom is 0.328 e. The predicted octanol–water partition coefficient (Wildman–Crippen LogP) is 0.470. The number of thiophene rings is 1. The van der Waals surface area contributed by atoms with Gasteiger partial charge in [0, 0.05) is 17.1 Å². The van der Waals surface area contributed by atoms with Crippen LogP contribution in [-0.4, -0.2) is 46.5 Å². The van der Waals surface area contributed by atoms with Gasteiger partial charge in [0.2, 0.25) is 0 Å². The minimum Gasteiger partial charge on any atom is -0.349 e. The normalized spacial score (nSPS) is 16.2. The largest absolute Gasteiger partial charge is 0.349 e. The standard InChI is InChI=1S/C16H20N4O3S/c1-19-6-4-11(5-7-19)18-14(21)13-9-17-16(23)20(15(13)22)10-12-3-2-8-24-12/h2-3,8-9,11H,4-7,10H2,1H3,(H,17,23)(H,18,21). The second-order valence-electron chi connectivity index (χ2n) is 6.03. The van der Waals surface area contributed by atoms with Crippen molar-refractivity contribution in [1.29, 1.82) is 0 Å². The van der Waals surface area contributed by atoms with Crippen LogP contribution in [0.15, 0.2) is 33.3 Å². The zero-order chi connectivity index (χ0) is 17.1. The van der Waals surface area contributed by atoms with Crippen molar-refractivity contribution in [2.24, 2.45) is 0 Å². The van der Waals surface area contributed by atoms with Crippen LogP contribution in [0.25, 0.3) is 0 Å². The van der Waals surface area contributed by atoms with Gasteiger partial charge >= 0.3 is 5.69 Å². The van der Waals surface area contributed by atoms with E-state index in [0.717, 1.165) is 35.4 Å². The Hall–Kier alpha value is -2.19. The molecule has 0 saturated carbocycles. The molecule has 0 spiro atoms. The molecule has 128 valence electrons. The number of nitrogens with zero attached hydrogens (tertiary/aromatic N) is 2. The van der Waals surface area contributed by atoms with Crippen LogP contribution in [0.3, 0.4) is 0 Å². The number of hydrogen-bond acceptors (Lipinski definition) is 5. The number of piperidine rings is 1. The summed E-state index contributed by atoms with van der Waals surface area (Å²) in [6.07, 6.45) is 2.92. The maximum atomic E-state index is 12.5. The van der Waals surface area contributed by atoms with Crippen molar-refractivity contribution in [3.63, 3.8) is 0 Å². The Balaban J connectivity index is 1.79. The van der Waals surface area contributed by atoms with Crippen LogP contribution in [-0.2, 0) is 6.54 Å². The molecule has 24 heavy (non-hydrogen) atoms. The summed E-state index contributed by atoms with van der Waals surface area (Å²) in [7, 11) is 2.04. The van der Waals surface area contributed by atoms with Gasteiger partial charge in [-0.3, -0.25) is 14.2 Å². The molecule has 0 atom stereocenters. The SMILES string of the molecule is CN1CCC(NC(=O)c2c[nH]c(=O)n(Cc3cccs3)c2=O)CC1. The Kier molecular flexibility index (Phi) is 4.96. The fraction of sp³-hybridized carbons (Fsp3) is 0.438. The third-order valence-electron chi connectivity index (χ3n) is 4.25. The molecule has 1 amide bonds. The molecule has 3 rings (SSSR count). The van der Waals surface area contributed by atoms with Gasteiger partial charge in [0.25, 0.3) is 11.5 Å². The van der Waals surface area contributed by atoms with Gasteiger partial charge in [0.1, 0.15) is 5.56 Å². The average molecular weight is 348 g/mol. The summed E-state index contributed by atoms with van der Waals surface area (Å²) in [5.74, 6) is -0.425. The van der Waals surface area contributed by atoms with Crippen molar-refractivity contribution in [2.75, 3.05) is 20.1 Å². The van der Waals surface area contributed by atoms with E-state index >= 15 is 0 Å². The number of carbonyl (C=O) groups is 1. The van der Waals surface area contributed by atoms with E-state index in [0.29, 0.717) is 0 Å². The number of rotatable bonds is 4. The number of nitrogens with one attached hydrogen (secondary N) is 2. The van der Waals surface area contributed by atoms with Gasteiger partial charge in [0.05, 0.1) is 6.54 Å². The molecule has 2 N–H and O–H groups in total. The van der Waals surface area contributed by atoms with Crippen LogP contribution >= 0.6 is 11.3 Å². The molecule has 8 heteroatoms. The van der Waals surface area contributed by atoms with E-state index in [4.69, 9.17) is 0 Å². The van der Waals surface area contributed by atoms with Gasteiger partial charge in [-0.2, -0.15) is 0 Å². The van der Waals surface area contributed by atoms with Crippen LogP contribution in [0.4, 0.5) is 0 Å². The van der Waals surface area contributed by atoms with E-state index in [1.54, 1.807) is 0 Å². The Morgan fingerprint density at radius 1 is 1.38 bits per heavy atom. The van der Waals surface area contributed by atoms with Crippen molar-refractivity contribution in [3.05, 3.63) is 55.0 Å². The molecule has 7 nitrogen and oxygen atoms in total. The molecule has 1 fully saturated rings. The van der Waals surface area contributed by atoms with E-state index < -0.39 is 17.2 Å². The molecule has 0 aliphatic carbocycles. The summed E-state index contributed by atoms with van der Waals surface area (Å²) in [5, 5.41) is 4.78. The summed E-state index contributed by atoms with van der Waals surface area (Å²) in [6, 6.07) is 3.77. The monoisotopic (exact) mass is 348 g/mol. The summed E-state index contributed by atoms with van der Waals surface area (Å²) in [6.45, 7) is 2.00. The number of amides is 1. The fourth-order valence-corrected chi connectivity index (χ4v) is 3.48. The smallest absolute Gasteiger partial charge is 0.328 e. The quantitative estimate of drug-likeness (QED) is 0.841. The Labute approximate surface area is 142 Å². The number of H-pyrrole nitrogens is 1. The van der Waals surface area contributed by atoms with Crippen LogP contribution in [0, 0.1) is 0 Å². The van der Waals surface area contributed by atoms with Gasteiger partial charge in [-0.25, -0.2) is 4.79 Å². The van der Waals surface area contributed by atoms with Crippen molar-refractivity contribution >= 4 is 17.2 Å². The van der Waals surface area contributed by atoms with E-state index in [1.165, 1.54) is 17.5 Å². The van der Waals surface area contributed by atoms with Crippen molar-refractivity contribution in [1.82, 2.24) is 19.8 Å². The van der Waals surface area contributed by atoms with Crippen molar-refractivity contribution < 1.29 is 4.79 Å². The lowest BCUT2D eigenvalue weighted by Crippen LogP contribution is -2.46. The molecule has 1 aliphatic heterocycles. The highest BCUT2D eigenvalue weighted by molar-refractivity contribution is 7.09. The molecule has 0 aromatic carbocycles. The van der Waals surface area contributed by atoms with Crippen LogP contribution in [0.2, 0.25) is 0 Å². The lowest BCUT2D eigenvalue weighted by Gasteiger charge is -2.29. The third-order valence-corrected chi connectivity index (χ3v) is 5.11. The molecule has 1 aliphatic rings. The molecule has 2 aromatic rings. The number of hydrogen-bond donors (Lipinski definition) is 2. The van der Waals surface area contributed by atoms with Gasteiger partial charge in [-0.1, -0.05) is 6.07 Å². The van der Waals surface area contributed by atoms with Gasteiger partial charge in [-0.05, 0) is 44.4 Å². The third kappa shape index (κ3) is 3.65. The summed E-state index contributed by atoms with van der Waals surface area (Å²) in [5.41, 5.74) is -1.09. The zero-order valence-corrected chi connectivity index (χ0v) is 14.3. The van der Waals surface area contributed by atoms with Gasteiger partial charge in [-0.15, -0.1) is 11.3 Å². The molecule has 2 aromatic heterocycles. The van der Waals surface area contributed by atoms with Gasteiger partial charge < -0.3 is 15.2 Å². The predicted molar refractivity (Wildman–Crippen MR) is 92.7 cm³/mol. The molecule has 0 bridgehead atoms. The first-order valence-electron chi connectivity index (χ1n) is 7.89. The first-order valence-corrected chi connectivity index (χ1v) is 8.77.